The number of nitrogens with one attached hydrogen (secondary N) is 2. The minimum atomic E-state index is -0.728. The number of hydrogen-bond acceptors (Lipinski definition) is 5. The van der Waals surface area contributed by atoms with Gasteiger partial charge in [-0.25, -0.2) is 5.43 Å². The van der Waals surface area contributed by atoms with Crippen molar-refractivity contribution in [1.82, 2.24) is 10.7 Å². The third-order valence-corrected chi connectivity index (χ3v) is 5.02. The summed E-state index contributed by atoms with van der Waals surface area (Å²) in [5, 5.41) is 7.37. The largest absolute Gasteiger partial charge is 0.493 e. The Balaban J connectivity index is 2.02. The van der Waals surface area contributed by atoms with Crippen LogP contribution in [-0.2, 0) is 4.79 Å². The minimum Gasteiger partial charge on any atom is -0.493 e. The van der Waals surface area contributed by atoms with E-state index in [-0.39, 0.29) is 11.8 Å². The highest BCUT2D eigenvalue weighted by Gasteiger charge is 2.22. The van der Waals surface area contributed by atoms with Crippen molar-refractivity contribution in [3.8, 4) is 11.5 Å². The topological polar surface area (TPSA) is 89.0 Å². The maximum absolute atomic E-state index is 12.7. The highest BCUT2D eigenvalue weighted by Crippen LogP contribution is 2.27. The van der Waals surface area contributed by atoms with Gasteiger partial charge in [-0.3, -0.25) is 9.59 Å². The van der Waals surface area contributed by atoms with Crippen molar-refractivity contribution in [2.45, 2.75) is 46.1 Å². The summed E-state index contributed by atoms with van der Waals surface area (Å²) in [6.45, 7) is 6.68. The van der Waals surface area contributed by atoms with Gasteiger partial charge >= 0.3 is 0 Å². The molecule has 2 amide bonds. The van der Waals surface area contributed by atoms with Gasteiger partial charge in [-0.05, 0) is 66.8 Å². The van der Waals surface area contributed by atoms with Gasteiger partial charge in [0.2, 0.25) is 0 Å². The molecule has 0 fully saturated rings. The van der Waals surface area contributed by atoms with Crippen molar-refractivity contribution in [3.05, 3.63) is 58.6 Å². The molecule has 0 saturated heterocycles. The monoisotopic (exact) mass is 473 g/mol. The van der Waals surface area contributed by atoms with E-state index < -0.39 is 11.9 Å². The van der Waals surface area contributed by atoms with Crippen LogP contribution in [0, 0.1) is 5.92 Å². The van der Waals surface area contributed by atoms with Crippen molar-refractivity contribution in [2.75, 3.05) is 13.7 Å². The summed E-state index contributed by atoms with van der Waals surface area (Å²) in [6, 6.07) is 11.2. The van der Waals surface area contributed by atoms with Gasteiger partial charge in [0.1, 0.15) is 6.04 Å². The molecule has 0 saturated carbocycles. The molecule has 0 aliphatic carbocycles. The first kappa shape index (κ1) is 26.2. The van der Waals surface area contributed by atoms with Gasteiger partial charge in [-0.2, -0.15) is 5.10 Å². The number of hydrogen-bond donors (Lipinski definition) is 2. The fraction of sp³-hybridized carbons (Fsp3) is 0.400. The number of nitrogens with zero attached hydrogens (tertiary/aromatic N) is 1. The molecule has 0 spiro atoms. The van der Waals surface area contributed by atoms with Crippen LogP contribution in [0.25, 0.3) is 0 Å². The lowest BCUT2D eigenvalue weighted by atomic mass is 10.0. The Kier molecular flexibility index (Phi) is 10.7. The predicted octanol–water partition coefficient (Wildman–Crippen LogP) is 4.82. The minimum absolute atomic E-state index is 0.194. The Morgan fingerprint density at radius 3 is 2.48 bits per heavy atom. The SMILES string of the molecule is CCCCOc1ccc(C=NNC(=O)C(CC(C)C)NC(=O)c2ccc(Cl)cc2)cc1OC. The molecule has 0 bridgehead atoms. The molecule has 8 heteroatoms. The number of carbonyl (C=O) groups is 2. The molecule has 0 heterocycles. The third-order valence-electron chi connectivity index (χ3n) is 4.77. The van der Waals surface area contributed by atoms with E-state index in [0.29, 0.717) is 35.1 Å². The number of rotatable bonds is 12. The zero-order valence-corrected chi connectivity index (χ0v) is 20.3. The molecule has 1 atom stereocenters. The molecular formula is C25H32ClN3O4. The second-order valence-electron chi connectivity index (χ2n) is 8.01. The molecule has 0 aromatic heterocycles. The van der Waals surface area contributed by atoms with Crippen LogP contribution in [0.1, 0.15) is 56.0 Å². The van der Waals surface area contributed by atoms with Gasteiger partial charge in [0.05, 0.1) is 19.9 Å². The van der Waals surface area contributed by atoms with Crippen LogP contribution in [0.2, 0.25) is 5.02 Å². The molecule has 0 radical (unpaired) electrons. The molecule has 178 valence electrons. The van der Waals surface area contributed by atoms with Gasteiger partial charge in [0.25, 0.3) is 11.8 Å². The van der Waals surface area contributed by atoms with Crippen LogP contribution >= 0.6 is 11.6 Å². The van der Waals surface area contributed by atoms with Crippen LogP contribution in [0.15, 0.2) is 47.6 Å². The van der Waals surface area contributed by atoms with Gasteiger partial charge in [0.15, 0.2) is 11.5 Å². The molecule has 0 aliphatic rings. The first-order valence-electron chi connectivity index (χ1n) is 11.0. The van der Waals surface area contributed by atoms with Crippen LogP contribution < -0.4 is 20.2 Å². The number of benzene rings is 2. The van der Waals surface area contributed by atoms with E-state index >= 15 is 0 Å². The van der Waals surface area contributed by atoms with Crippen molar-refractivity contribution < 1.29 is 19.1 Å². The first-order valence-corrected chi connectivity index (χ1v) is 11.4. The maximum atomic E-state index is 12.7. The molecule has 2 rings (SSSR count). The fourth-order valence-corrected chi connectivity index (χ4v) is 3.13. The number of carbonyl (C=O) groups excluding carboxylic acids is 2. The number of ether oxygens (including phenoxy) is 2. The molecule has 7 nitrogen and oxygen atoms in total. The lowest BCUT2D eigenvalue weighted by Crippen LogP contribution is -2.46. The summed E-state index contributed by atoms with van der Waals surface area (Å²) in [4.78, 5) is 25.3. The summed E-state index contributed by atoms with van der Waals surface area (Å²) in [7, 11) is 1.57. The van der Waals surface area contributed by atoms with E-state index in [2.05, 4.69) is 22.8 Å². The Morgan fingerprint density at radius 2 is 1.85 bits per heavy atom. The Bertz CT molecular complexity index is 945. The number of unbranched alkanes of at least 4 members (excludes halogenated alkanes) is 1. The number of amides is 2. The Labute approximate surface area is 200 Å². The van der Waals surface area contributed by atoms with Crippen molar-refractivity contribution >= 4 is 29.6 Å². The van der Waals surface area contributed by atoms with Gasteiger partial charge in [-0.1, -0.05) is 38.8 Å². The maximum Gasteiger partial charge on any atom is 0.262 e. The highest BCUT2D eigenvalue weighted by molar-refractivity contribution is 6.30. The molecule has 0 aliphatic heterocycles. The van der Waals surface area contributed by atoms with E-state index in [9.17, 15) is 9.59 Å². The molecule has 2 aromatic carbocycles. The number of hydrazone groups is 1. The van der Waals surface area contributed by atoms with Crippen molar-refractivity contribution in [2.24, 2.45) is 11.0 Å². The second-order valence-corrected chi connectivity index (χ2v) is 8.45. The zero-order valence-electron chi connectivity index (χ0n) is 19.6. The molecule has 2 N–H and O–H groups in total. The molecule has 2 aromatic rings. The average Bonchev–Trinajstić information content (AvgIpc) is 2.79. The summed E-state index contributed by atoms with van der Waals surface area (Å²) in [6.07, 6.45) is 4.00. The normalized spacial score (nSPS) is 11.9. The van der Waals surface area contributed by atoms with Crippen LogP contribution in [0.5, 0.6) is 11.5 Å². The van der Waals surface area contributed by atoms with E-state index in [1.54, 1.807) is 37.4 Å². The number of halogens is 1. The lowest BCUT2D eigenvalue weighted by Gasteiger charge is -2.19. The number of methoxy groups -OCH3 is 1. The van der Waals surface area contributed by atoms with Crippen LogP contribution in [0.3, 0.4) is 0 Å². The predicted molar refractivity (Wildman–Crippen MR) is 131 cm³/mol. The summed E-state index contributed by atoms with van der Waals surface area (Å²) in [5.74, 6) is 0.705. The summed E-state index contributed by atoms with van der Waals surface area (Å²) in [5.41, 5.74) is 3.68. The van der Waals surface area contributed by atoms with Gasteiger partial charge in [-0.15, -0.1) is 0 Å². The lowest BCUT2D eigenvalue weighted by molar-refractivity contribution is -0.123. The van der Waals surface area contributed by atoms with Gasteiger partial charge in [0, 0.05) is 10.6 Å². The van der Waals surface area contributed by atoms with E-state index in [1.165, 1.54) is 6.21 Å². The second kappa shape index (κ2) is 13.5. The van der Waals surface area contributed by atoms with Crippen molar-refractivity contribution in [3.63, 3.8) is 0 Å². The quantitative estimate of drug-likeness (QED) is 0.262. The van der Waals surface area contributed by atoms with Crippen LogP contribution in [-0.4, -0.2) is 37.8 Å². The fourth-order valence-electron chi connectivity index (χ4n) is 3.00. The molecule has 1 unspecified atom stereocenters. The zero-order chi connectivity index (χ0) is 24.2. The van der Waals surface area contributed by atoms with Crippen molar-refractivity contribution in [1.29, 1.82) is 0 Å². The van der Waals surface area contributed by atoms with Gasteiger partial charge < -0.3 is 14.8 Å². The summed E-state index contributed by atoms with van der Waals surface area (Å²) >= 11 is 5.88. The average molecular weight is 474 g/mol. The van der Waals surface area contributed by atoms with E-state index in [1.807, 2.05) is 26.0 Å². The first-order chi connectivity index (χ1) is 15.8. The highest BCUT2D eigenvalue weighted by atomic mass is 35.5. The molecular weight excluding hydrogens is 442 g/mol. The smallest absolute Gasteiger partial charge is 0.262 e. The van der Waals surface area contributed by atoms with Crippen LogP contribution in [0.4, 0.5) is 0 Å². The Hall–Kier alpha value is -3.06. The standard InChI is InChI=1S/C25H32ClN3O4/c1-5-6-13-33-22-12-7-18(15-23(22)32-4)16-27-29-25(31)21(14-17(2)3)28-24(30)19-8-10-20(26)11-9-19/h7-12,15-17,21H,5-6,13-14H2,1-4H3,(H,28,30)(H,29,31). The third kappa shape index (κ3) is 8.77. The Morgan fingerprint density at radius 1 is 1.12 bits per heavy atom. The molecule has 33 heavy (non-hydrogen) atoms. The summed E-state index contributed by atoms with van der Waals surface area (Å²) < 4.78 is 11.1. The van der Waals surface area contributed by atoms with E-state index in [0.717, 1.165) is 18.4 Å². The van der Waals surface area contributed by atoms with E-state index in [4.69, 9.17) is 21.1 Å².